The van der Waals surface area contributed by atoms with Gasteiger partial charge in [-0.1, -0.05) is 96.1 Å². The van der Waals surface area contributed by atoms with Crippen LogP contribution < -0.4 is 9.47 Å². The minimum Gasteiger partial charge on any atom is -0.494 e. The minimum atomic E-state index is -0.403. The second-order valence-corrected chi connectivity index (χ2v) is 10.2. The zero-order chi connectivity index (χ0) is 24.3. The zero-order valence-corrected chi connectivity index (χ0v) is 21.4. The van der Waals surface area contributed by atoms with E-state index in [2.05, 4.69) is 32.6 Å². The molecule has 3 nitrogen and oxygen atoms in total. The van der Waals surface area contributed by atoms with E-state index in [1.807, 2.05) is 24.3 Å². The first-order chi connectivity index (χ1) is 16.4. The molecule has 0 spiro atoms. The molecule has 1 saturated carbocycles. The largest absolute Gasteiger partial charge is 0.494 e. The van der Waals surface area contributed by atoms with E-state index < -0.39 is 5.97 Å². The van der Waals surface area contributed by atoms with Crippen molar-refractivity contribution in [2.24, 2.45) is 17.8 Å². The molecule has 0 radical (unpaired) electrons. The van der Waals surface area contributed by atoms with E-state index >= 15 is 0 Å². The molecule has 0 bridgehead atoms. The van der Waals surface area contributed by atoms with Crippen molar-refractivity contribution in [1.82, 2.24) is 0 Å². The number of rotatable bonds is 12. The van der Waals surface area contributed by atoms with Gasteiger partial charge in [-0.3, -0.25) is 0 Å². The van der Waals surface area contributed by atoms with Crippen LogP contribution in [0.1, 0.15) is 78.6 Å². The first kappa shape index (κ1) is 26.1. The fourth-order valence-corrected chi connectivity index (χ4v) is 4.96. The molecule has 0 amide bonds. The SMILES string of the molecule is C=C(C)C(=O)Oc1ccc(-c2ccc(OCCC3CCC(CCC(C)CCC)CC3)cc2)cc1. The summed E-state index contributed by atoms with van der Waals surface area (Å²) in [4.78, 5) is 11.6. The summed E-state index contributed by atoms with van der Waals surface area (Å²) < 4.78 is 11.3. The highest BCUT2D eigenvalue weighted by molar-refractivity contribution is 5.88. The van der Waals surface area contributed by atoms with Gasteiger partial charge in [0.1, 0.15) is 11.5 Å². The molecule has 1 aliphatic carbocycles. The van der Waals surface area contributed by atoms with Crippen LogP contribution in [0, 0.1) is 17.8 Å². The first-order valence-electron chi connectivity index (χ1n) is 13.2. The van der Waals surface area contributed by atoms with Crippen molar-refractivity contribution in [3.05, 3.63) is 60.7 Å². The summed E-state index contributed by atoms with van der Waals surface area (Å²) in [5.74, 6) is 3.72. The Balaban J connectivity index is 1.37. The second kappa shape index (κ2) is 13.4. The third kappa shape index (κ3) is 8.34. The van der Waals surface area contributed by atoms with Crippen molar-refractivity contribution in [3.8, 4) is 22.6 Å². The number of carbonyl (C=O) groups excluding carboxylic acids is 1. The Morgan fingerprint density at radius 1 is 0.882 bits per heavy atom. The van der Waals surface area contributed by atoms with Crippen LogP contribution in [0.15, 0.2) is 60.7 Å². The maximum Gasteiger partial charge on any atom is 0.338 e. The smallest absolute Gasteiger partial charge is 0.338 e. The monoisotopic (exact) mass is 462 g/mol. The predicted octanol–water partition coefficient (Wildman–Crippen LogP) is 8.63. The second-order valence-electron chi connectivity index (χ2n) is 10.2. The minimum absolute atomic E-state index is 0.389. The Morgan fingerprint density at radius 2 is 1.41 bits per heavy atom. The number of ether oxygens (including phenoxy) is 2. The first-order valence-corrected chi connectivity index (χ1v) is 13.2. The number of carbonyl (C=O) groups is 1. The van der Waals surface area contributed by atoms with Crippen LogP contribution in [0.5, 0.6) is 11.5 Å². The van der Waals surface area contributed by atoms with E-state index in [1.165, 1.54) is 51.4 Å². The number of esters is 1. The van der Waals surface area contributed by atoms with Crippen LogP contribution in [-0.2, 0) is 4.79 Å². The standard InChI is InChI=1S/C31H42O3/c1-5-6-24(4)7-8-25-9-11-26(12-10-25)21-22-33-29-17-13-27(14-18-29)28-15-19-30(20-16-28)34-31(32)23(2)3/h13-20,24-26H,2,5-12,21-22H2,1,3-4H3. The molecule has 0 aromatic heterocycles. The van der Waals surface area contributed by atoms with E-state index in [9.17, 15) is 4.79 Å². The fraction of sp³-hybridized carbons (Fsp3) is 0.516. The van der Waals surface area contributed by atoms with E-state index in [-0.39, 0.29) is 0 Å². The molecule has 3 heteroatoms. The molecule has 3 rings (SSSR count). The molecule has 2 aromatic carbocycles. The Hall–Kier alpha value is -2.55. The summed E-state index contributed by atoms with van der Waals surface area (Å²) >= 11 is 0. The highest BCUT2D eigenvalue weighted by atomic mass is 16.5. The molecule has 2 aromatic rings. The third-order valence-corrected chi connectivity index (χ3v) is 7.21. The van der Waals surface area contributed by atoms with Crippen molar-refractivity contribution in [2.45, 2.75) is 78.6 Å². The normalized spacial score (nSPS) is 18.8. The summed E-state index contributed by atoms with van der Waals surface area (Å²) in [5.41, 5.74) is 2.57. The highest BCUT2D eigenvalue weighted by Gasteiger charge is 2.21. The van der Waals surface area contributed by atoms with Crippen molar-refractivity contribution in [1.29, 1.82) is 0 Å². The molecule has 0 N–H and O–H groups in total. The van der Waals surface area contributed by atoms with Crippen LogP contribution in [0.4, 0.5) is 0 Å². The van der Waals surface area contributed by atoms with Gasteiger partial charge in [-0.2, -0.15) is 0 Å². The lowest BCUT2D eigenvalue weighted by atomic mass is 9.78. The third-order valence-electron chi connectivity index (χ3n) is 7.21. The molecule has 1 aliphatic rings. The lowest BCUT2D eigenvalue weighted by Crippen LogP contribution is -2.17. The van der Waals surface area contributed by atoms with Gasteiger partial charge in [0.2, 0.25) is 0 Å². The Kier molecular flexibility index (Phi) is 10.2. The lowest BCUT2D eigenvalue weighted by molar-refractivity contribution is -0.130. The van der Waals surface area contributed by atoms with Gasteiger partial charge in [0.25, 0.3) is 0 Å². The maximum atomic E-state index is 11.6. The van der Waals surface area contributed by atoms with Crippen LogP contribution in [-0.4, -0.2) is 12.6 Å². The van der Waals surface area contributed by atoms with Gasteiger partial charge in [-0.05, 0) is 66.5 Å². The molecule has 1 fully saturated rings. The topological polar surface area (TPSA) is 35.5 Å². The molecular formula is C31H42O3. The Bertz CT molecular complexity index is 889. The molecule has 184 valence electrons. The summed E-state index contributed by atoms with van der Waals surface area (Å²) in [7, 11) is 0. The Morgan fingerprint density at radius 3 is 1.94 bits per heavy atom. The van der Waals surface area contributed by atoms with Crippen molar-refractivity contribution in [2.75, 3.05) is 6.61 Å². The zero-order valence-electron chi connectivity index (χ0n) is 21.4. The molecular weight excluding hydrogens is 420 g/mol. The van der Waals surface area contributed by atoms with E-state index in [0.29, 0.717) is 11.3 Å². The molecule has 0 saturated heterocycles. The van der Waals surface area contributed by atoms with E-state index in [1.54, 1.807) is 19.1 Å². The fourth-order valence-electron chi connectivity index (χ4n) is 4.96. The molecule has 1 atom stereocenters. The maximum absolute atomic E-state index is 11.6. The summed E-state index contributed by atoms with van der Waals surface area (Å²) in [5, 5.41) is 0. The van der Waals surface area contributed by atoms with Crippen molar-refractivity contribution < 1.29 is 14.3 Å². The van der Waals surface area contributed by atoms with E-state index in [0.717, 1.165) is 47.7 Å². The lowest BCUT2D eigenvalue weighted by Gasteiger charge is -2.29. The van der Waals surface area contributed by atoms with Gasteiger partial charge in [-0.15, -0.1) is 0 Å². The van der Waals surface area contributed by atoms with Gasteiger partial charge < -0.3 is 9.47 Å². The number of hydrogen-bond acceptors (Lipinski definition) is 3. The van der Waals surface area contributed by atoms with Gasteiger partial charge in [0.15, 0.2) is 0 Å². The van der Waals surface area contributed by atoms with Gasteiger partial charge in [0.05, 0.1) is 6.61 Å². The van der Waals surface area contributed by atoms with Crippen LogP contribution in [0.2, 0.25) is 0 Å². The van der Waals surface area contributed by atoms with Crippen molar-refractivity contribution >= 4 is 5.97 Å². The van der Waals surface area contributed by atoms with Crippen LogP contribution in [0.25, 0.3) is 11.1 Å². The van der Waals surface area contributed by atoms with Crippen molar-refractivity contribution in [3.63, 3.8) is 0 Å². The summed E-state index contributed by atoms with van der Waals surface area (Å²) in [6, 6.07) is 15.8. The van der Waals surface area contributed by atoms with Crippen LogP contribution >= 0.6 is 0 Å². The summed E-state index contributed by atoms with van der Waals surface area (Å²) in [6.45, 7) is 10.8. The van der Waals surface area contributed by atoms with Crippen LogP contribution in [0.3, 0.4) is 0 Å². The predicted molar refractivity (Wildman–Crippen MR) is 141 cm³/mol. The molecule has 1 unspecified atom stereocenters. The van der Waals surface area contributed by atoms with Gasteiger partial charge >= 0.3 is 5.97 Å². The van der Waals surface area contributed by atoms with Gasteiger partial charge in [-0.25, -0.2) is 4.79 Å². The average Bonchev–Trinajstić information content (AvgIpc) is 2.84. The van der Waals surface area contributed by atoms with E-state index in [4.69, 9.17) is 9.47 Å². The van der Waals surface area contributed by atoms with Gasteiger partial charge in [0, 0.05) is 5.57 Å². The molecule has 0 heterocycles. The quantitative estimate of drug-likeness (QED) is 0.180. The Labute approximate surface area is 206 Å². The number of benzene rings is 2. The number of hydrogen-bond donors (Lipinski definition) is 0. The molecule has 0 aliphatic heterocycles. The molecule has 34 heavy (non-hydrogen) atoms. The average molecular weight is 463 g/mol. The highest BCUT2D eigenvalue weighted by Crippen LogP contribution is 2.34. The summed E-state index contributed by atoms with van der Waals surface area (Å²) in [6.07, 6.45) is 12.2.